The third-order valence-corrected chi connectivity index (χ3v) is 5.21. The summed E-state index contributed by atoms with van der Waals surface area (Å²) in [5.74, 6) is 0.229. The van der Waals surface area contributed by atoms with Crippen molar-refractivity contribution in [1.82, 2.24) is 0 Å². The fourth-order valence-corrected chi connectivity index (χ4v) is 3.88. The molecule has 25 heavy (non-hydrogen) atoms. The Morgan fingerprint density at radius 1 is 1.32 bits per heavy atom. The van der Waals surface area contributed by atoms with E-state index >= 15 is 0 Å². The van der Waals surface area contributed by atoms with E-state index in [1.807, 2.05) is 36.4 Å². The van der Waals surface area contributed by atoms with Crippen LogP contribution in [0.5, 0.6) is 5.75 Å². The molecule has 0 fully saturated rings. The van der Waals surface area contributed by atoms with Crippen LogP contribution in [0.2, 0.25) is 0 Å². The summed E-state index contributed by atoms with van der Waals surface area (Å²) < 4.78 is 11.6. The van der Waals surface area contributed by atoms with Crippen LogP contribution in [0.15, 0.2) is 53.0 Å². The number of carbonyl (C=O) groups excluding carboxylic acids is 2. The average molecular weight is 356 g/mol. The minimum absolute atomic E-state index is 0.0204. The zero-order valence-corrected chi connectivity index (χ0v) is 15.0. The largest absolute Gasteiger partial charge is 0.497 e. The fourth-order valence-electron chi connectivity index (χ4n) is 2.66. The van der Waals surface area contributed by atoms with Crippen molar-refractivity contribution in [3.8, 4) is 5.75 Å². The monoisotopic (exact) mass is 356 g/mol. The highest BCUT2D eigenvalue weighted by molar-refractivity contribution is 8.05. The molecule has 1 aromatic carbocycles. The Morgan fingerprint density at radius 2 is 2.12 bits per heavy atom. The summed E-state index contributed by atoms with van der Waals surface area (Å²) in [6.07, 6.45) is 7.22. The van der Waals surface area contributed by atoms with Gasteiger partial charge in [-0.15, -0.1) is 0 Å². The summed E-state index contributed by atoms with van der Waals surface area (Å²) in [7, 11) is 4.67. The third kappa shape index (κ3) is 3.44. The van der Waals surface area contributed by atoms with E-state index in [1.165, 1.54) is 18.9 Å². The van der Waals surface area contributed by atoms with Crippen LogP contribution >= 0.6 is 11.8 Å². The molecule has 1 aliphatic carbocycles. The van der Waals surface area contributed by atoms with Gasteiger partial charge in [0.15, 0.2) is 0 Å². The van der Waals surface area contributed by atoms with Gasteiger partial charge in [-0.1, -0.05) is 30.0 Å². The van der Waals surface area contributed by atoms with Crippen molar-refractivity contribution in [3.05, 3.63) is 58.5 Å². The highest BCUT2D eigenvalue weighted by atomic mass is 32.2. The van der Waals surface area contributed by atoms with Gasteiger partial charge >= 0.3 is 11.9 Å². The van der Waals surface area contributed by atoms with Gasteiger partial charge in [0, 0.05) is 6.08 Å². The van der Waals surface area contributed by atoms with E-state index in [0.717, 1.165) is 17.0 Å². The van der Waals surface area contributed by atoms with Crippen LogP contribution in [0.25, 0.3) is 6.08 Å². The Kier molecular flexibility index (Phi) is 4.90. The number of fused-ring (bicyclic) bond motifs is 1. The second kappa shape index (κ2) is 7.11. The number of hydrogen-bond donors (Lipinski definition) is 0. The van der Waals surface area contributed by atoms with Crippen LogP contribution in [0, 0.1) is 0 Å². The summed E-state index contributed by atoms with van der Waals surface area (Å²) in [5.41, 5.74) is 2.12. The molecule has 0 N–H and O–H groups in total. The summed E-state index contributed by atoms with van der Waals surface area (Å²) in [5, 5.41) is -0.0204. The molecule has 1 unspecified atom stereocenters. The predicted octanol–water partition coefficient (Wildman–Crippen LogP) is 2.43. The van der Waals surface area contributed by atoms with Crippen molar-refractivity contribution in [1.29, 1.82) is 0 Å². The molecule has 6 heteroatoms. The predicted molar refractivity (Wildman–Crippen MR) is 97.8 cm³/mol. The molecule has 0 spiro atoms. The SMILES string of the molecule is COC(=O)C1=CC2=[N+](C)C(=O)/C(=C\c3cccc(OC)c3)SC2C=C1. The lowest BCUT2D eigenvalue weighted by Crippen LogP contribution is -2.36. The van der Waals surface area contributed by atoms with Gasteiger partial charge in [0.2, 0.25) is 5.71 Å². The average Bonchev–Trinajstić information content (AvgIpc) is 2.65. The Bertz CT molecular complexity index is 864. The van der Waals surface area contributed by atoms with E-state index in [4.69, 9.17) is 9.47 Å². The number of likely N-dealkylation sites (N-methyl/N-ethyl adjacent to an activating group) is 1. The molecule has 3 rings (SSSR count). The van der Waals surface area contributed by atoms with Crippen molar-refractivity contribution in [2.24, 2.45) is 0 Å². The van der Waals surface area contributed by atoms with Gasteiger partial charge in [-0.05, 0) is 29.8 Å². The number of methoxy groups -OCH3 is 2. The van der Waals surface area contributed by atoms with E-state index in [0.29, 0.717) is 10.5 Å². The molecule has 0 aromatic heterocycles. The van der Waals surface area contributed by atoms with E-state index in [9.17, 15) is 9.59 Å². The summed E-state index contributed by atoms with van der Waals surface area (Å²) >= 11 is 1.47. The lowest BCUT2D eigenvalue weighted by atomic mass is 10.0. The maximum Gasteiger partial charge on any atom is 0.425 e. The van der Waals surface area contributed by atoms with Crippen molar-refractivity contribution in [2.45, 2.75) is 5.25 Å². The lowest BCUT2D eigenvalue weighted by molar-refractivity contribution is -0.413. The smallest absolute Gasteiger partial charge is 0.425 e. The van der Waals surface area contributed by atoms with Crippen LogP contribution in [0.1, 0.15) is 5.56 Å². The highest BCUT2D eigenvalue weighted by Crippen LogP contribution is 2.33. The maximum atomic E-state index is 12.7. The number of hydrogen-bond acceptors (Lipinski definition) is 5. The molecule has 5 nitrogen and oxygen atoms in total. The Hall–Kier alpha value is -2.60. The van der Waals surface area contributed by atoms with Crippen molar-refractivity contribution < 1.29 is 23.6 Å². The van der Waals surface area contributed by atoms with Crippen LogP contribution in [-0.2, 0) is 14.3 Å². The number of ether oxygens (including phenoxy) is 2. The number of esters is 1. The molecule has 1 aliphatic heterocycles. The third-order valence-electron chi connectivity index (χ3n) is 4.01. The standard InChI is InChI=1S/C19H18NO4S/c1-20-15-11-13(19(22)24-3)7-8-16(15)25-17(18(20)21)10-12-5-4-6-14(9-12)23-2/h4-11,16H,1-3H3/q+1/b17-10+. The molecule has 2 aliphatic rings. The van der Waals surface area contributed by atoms with Crippen molar-refractivity contribution in [3.63, 3.8) is 0 Å². The second-order valence-corrected chi connectivity index (χ2v) is 6.75. The number of carbonyl (C=O) groups is 2. The quantitative estimate of drug-likeness (QED) is 0.473. The molecular formula is C19H18NO4S+. The molecule has 0 saturated carbocycles. The fraction of sp³-hybridized carbons (Fsp3) is 0.211. The first kappa shape index (κ1) is 17.2. The van der Waals surface area contributed by atoms with Gasteiger partial charge in [0.05, 0.1) is 19.8 Å². The minimum Gasteiger partial charge on any atom is -0.497 e. The number of nitrogens with zero attached hydrogens (tertiary/aromatic N) is 1. The van der Waals surface area contributed by atoms with Gasteiger partial charge < -0.3 is 9.47 Å². The summed E-state index contributed by atoms with van der Waals surface area (Å²) in [4.78, 5) is 25.0. The zero-order valence-electron chi connectivity index (χ0n) is 14.2. The number of benzene rings is 1. The van der Waals surface area contributed by atoms with Crippen LogP contribution in [0.3, 0.4) is 0 Å². The summed E-state index contributed by atoms with van der Waals surface area (Å²) in [6, 6.07) is 7.55. The Morgan fingerprint density at radius 3 is 2.84 bits per heavy atom. The molecule has 0 radical (unpaired) electrons. The molecule has 0 saturated heterocycles. The first-order valence-corrected chi connectivity index (χ1v) is 8.57. The molecule has 1 aromatic rings. The number of allylic oxidation sites excluding steroid dienone is 1. The first-order valence-electron chi connectivity index (χ1n) is 7.69. The van der Waals surface area contributed by atoms with Gasteiger partial charge in [0.1, 0.15) is 23.0 Å². The molecule has 128 valence electrons. The van der Waals surface area contributed by atoms with Crippen molar-refractivity contribution >= 4 is 35.4 Å². The van der Waals surface area contributed by atoms with Gasteiger partial charge in [0.25, 0.3) is 0 Å². The first-order chi connectivity index (χ1) is 12.0. The maximum absolute atomic E-state index is 12.7. The van der Waals surface area contributed by atoms with Gasteiger partial charge in [-0.25, -0.2) is 9.59 Å². The van der Waals surface area contributed by atoms with E-state index in [2.05, 4.69) is 0 Å². The lowest BCUT2D eigenvalue weighted by Gasteiger charge is -2.20. The van der Waals surface area contributed by atoms with E-state index < -0.39 is 5.97 Å². The minimum atomic E-state index is -0.411. The second-order valence-electron chi connectivity index (χ2n) is 5.56. The summed E-state index contributed by atoms with van der Waals surface area (Å²) in [6.45, 7) is 0. The normalized spacial score (nSPS) is 21.1. The van der Waals surface area contributed by atoms with E-state index in [-0.39, 0.29) is 11.2 Å². The number of amides is 1. The molecule has 0 bridgehead atoms. The molecule has 1 amide bonds. The van der Waals surface area contributed by atoms with Gasteiger partial charge in [-0.3, -0.25) is 0 Å². The molecular weight excluding hydrogens is 338 g/mol. The molecule has 1 atom stereocenters. The number of rotatable bonds is 3. The van der Waals surface area contributed by atoms with Crippen LogP contribution in [0.4, 0.5) is 0 Å². The van der Waals surface area contributed by atoms with Crippen molar-refractivity contribution in [2.75, 3.05) is 21.3 Å². The zero-order chi connectivity index (χ0) is 18.0. The Labute approximate surface area is 150 Å². The molecule has 1 heterocycles. The topological polar surface area (TPSA) is 55.6 Å². The van der Waals surface area contributed by atoms with Crippen LogP contribution in [-0.4, -0.2) is 48.7 Å². The highest BCUT2D eigenvalue weighted by Gasteiger charge is 2.38. The van der Waals surface area contributed by atoms with Crippen LogP contribution < -0.4 is 4.74 Å². The van der Waals surface area contributed by atoms with Gasteiger partial charge in [-0.2, -0.15) is 4.58 Å². The Balaban J connectivity index is 1.96. The van der Waals surface area contributed by atoms with E-state index in [1.54, 1.807) is 30.9 Å². The number of thioether (sulfide) groups is 1.